The minimum atomic E-state index is -1.37. The van der Waals surface area contributed by atoms with Crippen LogP contribution in [0.25, 0.3) is 0 Å². The molecule has 4 atom stereocenters. The van der Waals surface area contributed by atoms with E-state index >= 15 is 0 Å². The van der Waals surface area contributed by atoms with E-state index in [1.807, 2.05) is 26.0 Å². The molecule has 0 aromatic heterocycles. The van der Waals surface area contributed by atoms with Crippen molar-refractivity contribution in [3.8, 4) is 5.75 Å². The van der Waals surface area contributed by atoms with Crippen LogP contribution in [0, 0.1) is 13.8 Å². The lowest BCUT2D eigenvalue weighted by atomic mass is 9.88. The molecule has 0 unspecified atom stereocenters. The molecule has 1 aliphatic carbocycles. The van der Waals surface area contributed by atoms with Crippen molar-refractivity contribution in [2.45, 2.75) is 57.5 Å². The Labute approximate surface area is 168 Å². The standard InChI is InChI=1S/C20H29BrFNO4/c1-12-8-15(21)9-13(2)20(12)27-7-5-3-4-6-23-16-10-14(11-22)17(24)19(26)18(16)25/h8-10,16-19,23-26H,3-7,11H2,1-2H3/t16-,17+,18+,19+/m1/s1. The molecule has 1 aromatic carbocycles. The molecule has 0 saturated heterocycles. The van der Waals surface area contributed by atoms with Crippen LogP contribution in [0.5, 0.6) is 5.75 Å². The first-order chi connectivity index (χ1) is 12.8. The summed E-state index contributed by atoms with van der Waals surface area (Å²) in [7, 11) is 0. The molecule has 27 heavy (non-hydrogen) atoms. The van der Waals surface area contributed by atoms with Gasteiger partial charge >= 0.3 is 0 Å². The van der Waals surface area contributed by atoms with E-state index in [0.717, 1.165) is 40.6 Å². The van der Waals surface area contributed by atoms with Crippen molar-refractivity contribution < 1.29 is 24.4 Å². The van der Waals surface area contributed by atoms with Gasteiger partial charge in [0.2, 0.25) is 0 Å². The minimum Gasteiger partial charge on any atom is -0.493 e. The van der Waals surface area contributed by atoms with Gasteiger partial charge in [-0.05, 0) is 68.5 Å². The van der Waals surface area contributed by atoms with E-state index in [1.165, 1.54) is 6.08 Å². The molecule has 2 rings (SSSR count). The van der Waals surface area contributed by atoms with Gasteiger partial charge in [-0.25, -0.2) is 4.39 Å². The predicted octanol–water partition coefficient (Wildman–Crippen LogP) is 2.57. The number of ether oxygens (including phenoxy) is 1. The summed E-state index contributed by atoms with van der Waals surface area (Å²) in [5, 5.41) is 32.6. The summed E-state index contributed by atoms with van der Waals surface area (Å²) >= 11 is 3.47. The van der Waals surface area contributed by atoms with Crippen LogP contribution in [0.3, 0.4) is 0 Å². The van der Waals surface area contributed by atoms with Crippen molar-refractivity contribution in [3.63, 3.8) is 0 Å². The van der Waals surface area contributed by atoms with Crippen LogP contribution in [0.4, 0.5) is 4.39 Å². The van der Waals surface area contributed by atoms with Crippen molar-refractivity contribution in [1.82, 2.24) is 5.32 Å². The highest BCUT2D eigenvalue weighted by Gasteiger charge is 2.36. The molecule has 0 saturated carbocycles. The third-order valence-corrected chi connectivity index (χ3v) is 5.30. The first-order valence-corrected chi connectivity index (χ1v) is 10.1. The largest absolute Gasteiger partial charge is 0.493 e. The van der Waals surface area contributed by atoms with Crippen molar-refractivity contribution in [2.24, 2.45) is 0 Å². The summed E-state index contributed by atoms with van der Waals surface area (Å²) in [5.41, 5.74) is 2.32. The molecule has 0 radical (unpaired) electrons. The van der Waals surface area contributed by atoms with Crippen molar-refractivity contribution in [3.05, 3.63) is 39.4 Å². The SMILES string of the molecule is Cc1cc(Br)cc(C)c1OCCCCCN[C@@H]1C=C(CF)[C@H](O)[C@H](O)[C@H]1O. The molecular formula is C20H29BrFNO4. The van der Waals surface area contributed by atoms with Crippen molar-refractivity contribution in [2.75, 3.05) is 19.8 Å². The molecule has 1 aliphatic rings. The third-order valence-electron chi connectivity index (χ3n) is 4.84. The second-order valence-corrected chi connectivity index (χ2v) is 7.97. The Morgan fingerprint density at radius 1 is 1.07 bits per heavy atom. The van der Waals surface area contributed by atoms with Gasteiger partial charge in [-0.15, -0.1) is 0 Å². The van der Waals surface area contributed by atoms with E-state index in [4.69, 9.17) is 4.74 Å². The number of hydrogen-bond acceptors (Lipinski definition) is 5. The number of alkyl halides is 1. The summed E-state index contributed by atoms with van der Waals surface area (Å²) in [4.78, 5) is 0. The van der Waals surface area contributed by atoms with Crippen LogP contribution in [0.1, 0.15) is 30.4 Å². The highest BCUT2D eigenvalue weighted by molar-refractivity contribution is 9.10. The molecule has 4 N–H and O–H groups in total. The number of rotatable bonds is 9. The number of aryl methyl sites for hydroxylation is 2. The Morgan fingerprint density at radius 2 is 1.74 bits per heavy atom. The minimum absolute atomic E-state index is 0.110. The Bertz CT molecular complexity index is 632. The maximum Gasteiger partial charge on any atom is 0.125 e. The lowest BCUT2D eigenvalue weighted by Crippen LogP contribution is -2.54. The fraction of sp³-hybridized carbons (Fsp3) is 0.600. The molecule has 7 heteroatoms. The number of nitrogens with one attached hydrogen (secondary N) is 1. The average Bonchev–Trinajstić information content (AvgIpc) is 2.62. The van der Waals surface area contributed by atoms with Gasteiger partial charge in [0.25, 0.3) is 0 Å². The van der Waals surface area contributed by atoms with E-state index in [-0.39, 0.29) is 5.57 Å². The Hall–Kier alpha value is -0.990. The van der Waals surface area contributed by atoms with E-state index in [9.17, 15) is 19.7 Å². The fourth-order valence-corrected chi connectivity index (χ4v) is 4.01. The summed E-state index contributed by atoms with van der Waals surface area (Å²) < 4.78 is 19.8. The Balaban J connectivity index is 1.68. The molecule has 0 spiro atoms. The van der Waals surface area contributed by atoms with Crippen LogP contribution in [-0.2, 0) is 0 Å². The molecule has 0 heterocycles. The zero-order valence-electron chi connectivity index (χ0n) is 15.8. The summed E-state index contributed by atoms with van der Waals surface area (Å²) in [5.74, 6) is 0.929. The quantitative estimate of drug-likeness (QED) is 0.346. The van der Waals surface area contributed by atoms with Gasteiger partial charge in [0, 0.05) is 4.47 Å². The number of aliphatic hydroxyl groups is 3. The lowest BCUT2D eigenvalue weighted by Gasteiger charge is -2.34. The maximum atomic E-state index is 12.9. The van der Waals surface area contributed by atoms with Crippen LogP contribution in [0.2, 0.25) is 0 Å². The second kappa shape index (κ2) is 10.5. The maximum absolute atomic E-state index is 12.9. The number of halogens is 2. The Kier molecular flexibility index (Phi) is 8.69. The fourth-order valence-electron chi connectivity index (χ4n) is 3.32. The third kappa shape index (κ3) is 5.99. The lowest BCUT2D eigenvalue weighted by molar-refractivity contribution is -0.0628. The zero-order valence-corrected chi connectivity index (χ0v) is 17.4. The van der Waals surface area contributed by atoms with Gasteiger partial charge in [0.05, 0.1) is 12.6 Å². The molecular weight excluding hydrogens is 417 g/mol. The molecule has 0 aliphatic heterocycles. The normalized spacial score (nSPS) is 25.4. The van der Waals surface area contributed by atoms with Crippen molar-refractivity contribution in [1.29, 1.82) is 0 Å². The van der Waals surface area contributed by atoms with Crippen LogP contribution >= 0.6 is 15.9 Å². The second-order valence-electron chi connectivity index (χ2n) is 7.06. The van der Waals surface area contributed by atoms with E-state index < -0.39 is 31.0 Å². The Morgan fingerprint density at radius 3 is 2.37 bits per heavy atom. The zero-order chi connectivity index (χ0) is 20.0. The van der Waals surface area contributed by atoms with E-state index in [2.05, 4.69) is 21.2 Å². The highest BCUT2D eigenvalue weighted by Crippen LogP contribution is 2.27. The van der Waals surface area contributed by atoms with Crippen LogP contribution < -0.4 is 10.1 Å². The topological polar surface area (TPSA) is 82.0 Å². The molecule has 152 valence electrons. The van der Waals surface area contributed by atoms with Crippen LogP contribution in [0.15, 0.2) is 28.3 Å². The first-order valence-electron chi connectivity index (χ1n) is 9.28. The highest BCUT2D eigenvalue weighted by atomic mass is 79.9. The van der Waals surface area contributed by atoms with Gasteiger partial charge in [0.15, 0.2) is 0 Å². The number of unbranched alkanes of at least 4 members (excludes halogenated alkanes) is 2. The smallest absolute Gasteiger partial charge is 0.125 e. The number of aliphatic hydroxyl groups excluding tert-OH is 3. The average molecular weight is 446 g/mol. The van der Waals surface area contributed by atoms with Gasteiger partial charge in [-0.3, -0.25) is 0 Å². The molecule has 0 fully saturated rings. The van der Waals surface area contributed by atoms with E-state index in [0.29, 0.717) is 13.2 Å². The molecule has 1 aromatic rings. The predicted molar refractivity (Wildman–Crippen MR) is 107 cm³/mol. The molecule has 0 bridgehead atoms. The van der Waals surface area contributed by atoms with Crippen molar-refractivity contribution >= 4 is 15.9 Å². The monoisotopic (exact) mass is 445 g/mol. The van der Waals surface area contributed by atoms with Gasteiger partial charge < -0.3 is 25.4 Å². The summed E-state index contributed by atoms with van der Waals surface area (Å²) in [6.45, 7) is 4.46. The molecule has 0 amide bonds. The van der Waals surface area contributed by atoms with Gasteiger partial charge in [0.1, 0.15) is 30.7 Å². The summed E-state index contributed by atoms with van der Waals surface area (Å²) in [6.07, 6.45) is 0.315. The molecule has 5 nitrogen and oxygen atoms in total. The van der Waals surface area contributed by atoms with Gasteiger partial charge in [-0.1, -0.05) is 22.0 Å². The first kappa shape index (κ1) is 22.3. The van der Waals surface area contributed by atoms with E-state index in [1.54, 1.807) is 0 Å². The number of benzene rings is 1. The van der Waals surface area contributed by atoms with Gasteiger partial charge in [-0.2, -0.15) is 0 Å². The number of hydrogen-bond donors (Lipinski definition) is 4. The van der Waals surface area contributed by atoms with Crippen LogP contribution in [-0.4, -0.2) is 59.5 Å². The summed E-state index contributed by atoms with van der Waals surface area (Å²) in [6, 6.07) is 3.51.